The number of carbonyl (C=O) groups excluding carboxylic acids is 1. The largest absolute Gasteiger partial charge is 0.492 e. The van der Waals surface area contributed by atoms with Gasteiger partial charge in [-0.1, -0.05) is 49.7 Å². The molecule has 1 rings (SSSR count). The van der Waals surface area contributed by atoms with Gasteiger partial charge >= 0.3 is 0 Å². The molecule has 1 N–H and O–H groups in total. The standard InChI is InChI=1S/C16H24BrNO2/c1-6-20-14-10-12(9-11(2)17)7-8-13(14)18-15(19)16(3,4)5/h7-8,10-11H,6,9H2,1-5H3,(H,18,19). The van der Waals surface area contributed by atoms with Crippen molar-refractivity contribution in [2.24, 2.45) is 5.41 Å². The first-order valence-corrected chi connectivity index (χ1v) is 7.87. The van der Waals surface area contributed by atoms with Crippen molar-refractivity contribution in [3.8, 4) is 5.75 Å². The van der Waals surface area contributed by atoms with Gasteiger partial charge in [0, 0.05) is 10.2 Å². The summed E-state index contributed by atoms with van der Waals surface area (Å²) in [4.78, 5) is 12.5. The Labute approximate surface area is 130 Å². The van der Waals surface area contributed by atoms with E-state index in [1.165, 1.54) is 5.56 Å². The second-order valence-electron chi connectivity index (χ2n) is 5.95. The molecule has 0 fully saturated rings. The van der Waals surface area contributed by atoms with Crippen LogP contribution in [0.2, 0.25) is 0 Å². The Kier molecular flexibility index (Phi) is 6.06. The third-order valence-corrected chi connectivity index (χ3v) is 3.12. The minimum absolute atomic E-state index is 0.0138. The summed E-state index contributed by atoms with van der Waals surface area (Å²) in [6.07, 6.45) is 0.924. The van der Waals surface area contributed by atoms with Gasteiger partial charge in [-0.05, 0) is 31.0 Å². The van der Waals surface area contributed by atoms with Gasteiger partial charge in [0.2, 0.25) is 5.91 Å². The predicted octanol–water partition coefficient (Wildman–Crippen LogP) is 4.40. The van der Waals surface area contributed by atoms with Gasteiger partial charge in [-0.3, -0.25) is 4.79 Å². The zero-order valence-corrected chi connectivity index (χ0v) is 14.5. The van der Waals surface area contributed by atoms with Gasteiger partial charge in [-0.25, -0.2) is 0 Å². The van der Waals surface area contributed by atoms with Crippen LogP contribution in [0.3, 0.4) is 0 Å². The first-order chi connectivity index (χ1) is 9.24. The summed E-state index contributed by atoms with van der Waals surface area (Å²) < 4.78 is 5.64. The zero-order chi connectivity index (χ0) is 15.3. The van der Waals surface area contributed by atoms with E-state index in [1.54, 1.807) is 0 Å². The average molecular weight is 342 g/mol. The first-order valence-electron chi connectivity index (χ1n) is 6.95. The van der Waals surface area contributed by atoms with E-state index in [0.717, 1.165) is 17.9 Å². The second kappa shape index (κ2) is 7.11. The maximum Gasteiger partial charge on any atom is 0.229 e. The molecule has 0 aliphatic heterocycles. The van der Waals surface area contributed by atoms with Gasteiger partial charge in [0.1, 0.15) is 5.75 Å². The van der Waals surface area contributed by atoms with Crippen molar-refractivity contribution >= 4 is 27.5 Å². The van der Waals surface area contributed by atoms with Gasteiger partial charge in [-0.15, -0.1) is 0 Å². The Balaban J connectivity index is 2.98. The van der Waals surface area contributed by atoms with Crippen LogP contribution in [0, 0.1) is 5.41 Å². The summed E-state index contributed by atoms with van der Waals surface area (Å²) in [6.45, 7) is 10.3. The third-order valence-electron chi connectivity index (χ3n) is 2.79. The van der Waals surface area contributed by atoms with Crippen LogP contribution >= 0.6 is 15.9 Å². The topological polar surface area (TPSA) is 38.3 Å². The molecule has 0 spiro atoms. The highest BCUT2D eigenvalue weighted by Crippen LogP contribution is 2.29. The quantitative estimate of drug-likeness (QED) is 0.806. The summed E-state index contributed by atoms with van der Waals surface area (Å²) in [5.74, 6) is 0.718. The van der Waals surface area contributed by atoms with E-state index in [2.05, 4.69) is 28.2 Å². The van der Waals surface area contributed by atoms with E-state index >= 15 is 0 Å². The molecule has 20 heavy (non-hydrogen) atoms. The fourth-order valence-electron chi connectivity index (χ4n) is 1.71. The third kappa shape index (κ3) is 5.16. The van der Waals surface area contributed by atoms with Gasteiger partial charge in [0.15, 0.2) is 0 Å². The van der Waals surface area contributed by atoms with E-state index in [4.69, 9.17) is 4.74 Å². The van der Waals surface area contributed by atoms with Crippen LogP contribution in [-0.4, -0.2) is 17.3 Å². The summed E-state index contributed by atoms with van der Waals surface area (Å²) in [5, 5.41) is 2.94. The van der Waals surface area contributed by atoms with Gasteiger partial charge in [-0.2, -0.15) is 0 Å². The van der Waals surface area contributed by atoms with Gasteiger partial charge < -0.3 is 10.1 Å². The molecule has 4 heteroatoms. The van der Waals surface area contributed by atoms with Crippen molar-refractivity contribution in [2.45, 2.75) is 45.9 Å². The van der Waals surface area contributed by atoms with E-state index in [0.29, 0.717) is 11.4 Å². The molecular formula is C16H24BrNO2. The summed E-state index contributed by atoms with van der Waals surface area (Å²) >= 11 is 3.55. The normalized spacial score (nSPS) is 12.9. The Morgan fingerprint density at radius 2 is 2.05 bits per heavy atom. The van der Waals surface area contributed by atoms with Crippen LogP contribution in [0.4, 0.5) is 5.69 Å². The molecule has 0 aromatic heterocycles. The molecule has 1 aromatic carbocycles. The molecule has 0 saturated carbocycles. The van der Waals surface area contributed by atoms with Crippen LogP contribution in [0.25, 0.3) is 0 Å². The zero-order valence-electron chi connectivity index (χ0n) is 12.9. The van der Waals surface area contributed by atoms with Crippen molar-refractivity contribution < 1.29 is 9.53 Å². The molecular weight excluding hydrogens is 318 g/mol. The summed E-state index contributed by atoms with van der Waals surface area (Å²) in [6, 6.07) is 5.94. The van der Waals surface area contributed by atoms with Crippen LogP contribution in [-0.2, 0) is 11.2 Å². The molecule has 1 amide bonds. The highest BCUT2D eigenvalue weighted by Gasteiger charge is 2.22. The lowest BCUT2D eigenvalue weighted by atomic mass is 9.95. The molecule has 3 nitrogen and oxygen atoms in total. The van der Waals surface area contributed by atoms with Crippen molar-refractivity contribution in [2.75, 3.05) is 11.9 Å². The van der Waals surface area contributed by atoms with E-state index in [-0.39, 0.29) is 5.91 Å². The number of hydrogen-bond donors (Lipinski definition) is 1. The molecule has 0 aliphatic rings. The highest BCUT2D eigenvalue weighted by molar-refractivity contribution is 9.09. The van der Waals surface area contributed by atoms with Crippen molar-refractivity contribution in [1.82, 2.24) is 0 Å². The molecule has 0 radical (unpaired) electrons. The molecule has 0 bridgehead atoms. The van der Waals surface area contributed by atoms with Gasteiger partial charge in [0.25, 0.3) is 0 Å². The van der Waals surface area contributed by atoms with Gasteiger partial charge in [0.05, 0.1) is 12.3 Å². The number of carbonyl (C=O) groups is 1. The second-order valence-corrected chi connectivity index (χ2v) is 7.52. The number of alkyl halides is 1. The van der Waals surface area contributed by atoms with Crippen LogP contribution in [0.15, 0.2) is 18.2 Å². The van der Waals surface area contributed by atoms with Crippen molar-refractivity contribution in [3.05, 3.63) is 23.8 Å². The number of benzene rings is 1. The maximum atomic E-state index is 12.1. The number of nitrogens with one attached hydrogen (secondary N) is 1. The fourth-order valence-corrected chi connectivity index (χ4v) is 2.08. The van der Waals surface area contributed by atoms with E-state index < -0.39 is 5.41 Å². The summed E-state index contributed by atoms with van der Waals surface area (Å²) in [7, 11) is 0. The number of ether oxygens (including phenoxy) is 1. The number of rotatable bonds is 5. The van der Waals surface area contributed by atoms with Crippen LogP contribution in [0.1, 0.15) is 40.2 Å². The minimum atomic E-state index is -0.424. The Morgan fingerprint density at radius 1 is 1.40 bits per heavy atom. The predicted molar refractivity (Wildman–Crippen MR) is 87.8 cm³/mol. The van der Waals surface area contributed by atoms with Crippen molar-refractivity contribution in [3.63, 3.8) is 0 Å². The lowest BCUT2D eigenvalue weighted by Crippen LogP contribution is -2.27. The SMILES string of the molecule is CCOc1cc(CC(C)Br)ccc1NC(=O)C(C)(C)C. The highest BCUT2D eigenvalue weighted by atomic mass is 79.9. The lowest BCUT2D eigenvalue weighted by Gasteiger charge is -2.20. The van der Waals surface area contributed by atoms with E-state index in [1.807, 2.05) is 45.9 Å². The molecule has 1 aromatic rings. The Bertz CT molecular complexity index is 464. The number of hydrogen-bond acceptors (Lipinski definition) is 2. The number of amides is 1. The Hall–Kier alpha value is -1.03. The molecule has 0 aliphatic carbocycles. The number of anilines is 1. The Morgan fingerprint density at radius 3 is 2.55 bits per heavy atom. The minimum Gasteiger partial charge on any atom is -0.492 e. The average Bonchev–Trinajstić information content (AvgIpc) is 2.30. The fraction of sp³-hybridized carbons (Fsp3) is 0.562. The molecule has 1 unspecified atom stereocenters. The molecule has 0 heterocycles. The van der Waals surface area contributed by atoms with E-state index in [9.17, 15) is 4.79 Å². The summed E-state index contributed by atoms with van der Waals surface area (Å²) in [5.41, 5.74) is 1.50. The smallest absolute Gasteiger partial charge is 0.229 e. The maximum absolute atomic E-state index is 12.1. The molecule has 112 valence electrons. The molecule has 1 atom stereocenters. The number of halogens is 1. The van der Waals surface area contributed by atoms with Crippen LogP contribution < -0.4 is 10.1 Å². The molecule has 0 saturated heterocycles. The monoisotopic (exact) mass is 341 g/mol. The first kappa shape index (κ1) is 17.0. The van der Waals surface area contributed by atoms with Crippen molar-refractivity contribution in [1.29, 1.82) is 0 Å². The van der Waals surface area contributed by atoms with Crippen LogP contribution in [0.5, 0.6) is 5.75 Å². The lowest BCUT2D eigenvalue weighted by molar-refractivity contribution is -0.123.